The Balaban J connectivity index is 1.68. The second-order valence-electron chi connectivity index (χ2n) is 6.68. The van der Waals surface area contributed by atoms with Crippen molar-refractivity contribution in [3.05, 3.63) is 73.9 Å². The summed E-state index contributed by atoms with van der Waals surface area (Å²) in [6.45, 7) is 2.09. The number of rotatable bonds is 3. The highest BCUT2D eigenvalue weighted by atomic mass is 79.9. The van der Waals surface area contributed by atoms with Crippen LogP contribution in [0.3, 0.4) is 0 Å². The van der Waals surface area contributed by atoms with Crippen LogP contribution >= 0.6 is 15.9 Å². The number of hydrogen-bond acceptors (Lipinski definition) is 5. The summed E-state index contributed by atoms with van der Waals surface area (Å²) < 4.78 is 7.49. The van der Waals surface area contributed by atoms with Crippen molar-refractivity contribution < 1.29 is 4.74 Å². The summed E-state index contributed by atoms with van der Waals surface area (Å²) in [5.74, 6) is 1.55. The lowest BCUT2D eigenvalue weighted by atomic mass is 9.79. The van der Waals surface area contributed by atoms with E-state index in [1.165, 1.54) is 10.2 Å². The molecular formula is C20H19BrN4O2. The molecule has 7 heteroatoms. The molecule has 1 aliphatic carbocycles. The van der Waals surface area contributed by atoms with E-state index >= 15 is 0 Å². The lowest BCUT2D eigenvalue weighted by Crippen LogP contribution is -2.30. The average Bonchev–Trinajstić information content (AvgIpc) is 2.69. The Kier molecular flexibility index (Phi) is 4.78. The summed E-state index contributed by atoms with van der Waals surface area (Å²) in [5, 5.41) is 4.31. The highest BCUT2D eigenvalue weighted by Crippen LogP contribution is 2.35. The molecule has 0 fully saturated rings. The Hall–Kier alpha value is -2.54. The van der Waals surface area contributed by atoms with Crippen molar-refractivity contribution >= 4 is 15.9 Å². The quantitative estimate of drug-likeness (QED) is 0.641. The van der Waals surface area contributed by atoms with E-state index in [2.05, 4.69) is 44.0 Å². The molecule has 0 amide bonds. The normalized spacial score (nSPS) is 16.0. The van der Waals surface area contributed by atoms with Crippen molar-refractivity contribution in [2.45, 2.75) is 32.1 Å². The first kappa shape index (κ1) is 17.9. The van der Waals surface area contributed by atoms with E-state index in [4.69, 9.17) is 4.74 Å². The summed E-state index contributed by atoms with van der Waals surface area (Å²) in [7, 11) is 1.69. The molecule has 0 spiro atoms. The number of nitrogens with zero attached hydrogens (tertiary/aromatic N) is 4. The number of hydrogen-bond donors (Lipinski definition) is 0. The molecule has 4 rings (SSSR count). The third-order valence-electron chi connectivity index (χ3n) is 5.16. The number of benzene rings is 1. The second-order valence-corrected chi connectivity index (χ2v) is 7.60. The molecule has 1 aromatic carbocycles. The minimum Gasteiger partial charge on any atom is -0.496 e. The third kappa shape index (κ3) is 3.27. The average molecular weight is 427 g/mol. The molecule has 0 saturated carbocycles. The molecule has 2 aromatic heterocycles. The van der Waals surface area contributed by atoms with Crippen molar-refractivity contribution in [2.24, 2.45) is 0 Å². The van der Waals surface area contributed by atoms with E-state index in [9.17, 15) is 4.79 Å². The van der Waals surface area contributed by atoms with Gasteiger partial charge in [0.15, 0.2) is 0 Å². The van der Waals surface area contributed by atoms with Gasteiger partial charge in [-0.3, -0.25) is 4.79 Å². The third-order valence-corrected chi connectivity index (χ3v) is 5.57. The SMILES string of the molecule is COc1cccc(C2CCc3c(cnn(-c4ncc(Br)cn4)c3=O)C2)c1C. The van der Waals surface area contributed by atoms with Crippen LogP contribution in [0.5, 0.6) is 5.75 Å². The molecule has 6 nitrogen and oxygen atoms in total. The van der Waals surface area contributed by atoms with Gasteiger partial charge in [0.05, 0.1) is 17.8 Å². The minimum absolute atomic E-state index is 0.129. The fourth-order valence-corrected chi connectivity index (χ4v) is 3.97. The number of methoxy groups -OCH3 is 1. The van der Waals surface area contributed by atoms with Crippen LogP contribution in [0.4, 0.5) is 0 Å². The first-order valence-electron chi connectivity index (χ1n) is 8.80. The molecule has 1 aliphatic rings. The minimum atomic E-state index is -0.129. The first-order chi connectivity index (χ1) is 13.1. The summed E-state index contributed by atoms with van der Waals surface area (Å²) in [6.07, 6.45) is 7.43. The fourth-order valence-electron chi connectivity index (χ4n) is 3.77. The van der Waals surface area contributed by atoms with Gasteiger partial charge in [-0.1, -0.05) is 12.1 Å². The summed E-state index contributed by atoms with van der Waals surface area (Å²) in [4.78, 5) is 21.3. The van der Waals surface area contributed by atoms with Gasteiger partial charge in [0.2, 0.25) is 0 Å². The monoisotopic (exact) mass is 426 g/mol. The molecule has 1 unspecified atom stereocenters. The molecule has 3 aromatic rings. The Bertz CT molecular complexity index is 1050. The van der Waals surface area contributed by atoms with E-state index in [-0.39, 0.29) is 11.5 Å². The molecule has 27 heavy (non-hydrogen) atoms. The predicted octanol–water partition coefficient (Wildman–Crippen LogP) is 3.37. The zero-order valence-corrected chi connectivity index (χ0v) is 16.7. The van der Waals surface area contributed by atoms with Crippen LogP contribution in [0.15, 0.2) is 46.1 Å². The molecule has 0 radical (unpaired) electrons. The molecular weight excluding hydrogens is 408 g/mol. The van der Waals surface area contributed by atoms with E-state index < -0.39 is 0 Å². The zero-order chi connectivity index (χ0) is 19.0. The van der Waals surface area contributed by atoms with Crippen LogP contribution in [0, 0.1) is 6.92 Å². The maximum atomic E-state index is 12.9. The van der Waals surface area contributed by atoms with Crippen molar-refractivity contribution in [3.8, 4) is 11.7 Å². The van der Waals surface area contributed by atoms with Gasteiger partial charge in [-0.05, 0) is 70.8 Å². The van der Waals surface area contributed by atoms with E-state index in [1.807, 2.05) is 12.1 Å². The maximum absolute atomic E-state index is 12.9. The van der Waals surface area contributed by atoms with Gasteiger partial charge in [0, 0.05) is 18.0 Å². The number of aromatic nitrogens is 4. The smallest absolute Gasteiger partial charge is 0.277 e. The summed E-state index contributed by atoms with van der Waals surface area (Å²) in [6, 6.07) is 6.16. The number of fused-ring (bicyclic) bond motifs is 1. The topological polar surface area (TPSA) is 69.9 Å². The lowest BCUT2D eigenvalue weighted by molar-refractivity contribution is 0.409. The maximum Gasteiger partial charge on any atom is 0.277 e. The number of halogens is 1. The van der Waals surface area contributed by atoms with Crippen molar-refractivity contribution in [1.29, 1.82) is 0 Å². The fraction of sp³-hybridized carbons (Fsp3) is 0.300. The molecule has 0 saturated heterocycles. The highest BCUT2D eigenvalue weighted by molar-refractivity contribution is 9.10. The highest BCUT2D eigenvalue weighted by Gasteiger charge is 2.25. The van der Waals surface area contributed by atoms with E-state index in [1.54, 1.807) is 25.7 Å². The van der Waals surface area contributed by atoms with Gasteiger partial charge in [0.1, 0.15) is 5.75 Å². The Morgan fingerprint density at radius 3 is 2.74 bits per heavy atom. The summed E-state index contributed by atoms with van der Waals surface area (Å²) >= 11 is 3.30. The molecule has 0 N–H and O–H groups in total. The van der Waals surface area contributed by atoms with Crippen LogP contribution in [-0.2, 0) is 12.8 Å². The van der Waals surface area contributed by atoms with Gasteiger partial charge < -0.3 is 4.74 Å². The largest absolute Gasteiger partial charge is 0.496 e. The van der Waals surface area contributed by atoms with Gasteiger partial charge in [0.25, 0.3) is 11.5 Å². The number of ether oxygens (including phenoxy) is 1. The van der Waals surface area contributed by atoms with Crippen LogP contribution in [0.25, 0.3) is 5.95 Å². The molecule has 0 bridgehead atoms. The van der Waals surface area contributed by atoms with Gasteiger partial charge in [-0.25, -0.2) is 9.97 Å². The van der Waals surface area contributed by atoms with Crippen LogP contribution in [0.1, 0.15) is 34.6 Å². The van der Waals surface area contributed by atoms with Gasteiger partial charge in [-0.15, -0.1) is 0 Å². The predicted molar refractivity (Wildman–Crippen MR) is 106 cm³/mol. The van der Waals surface area contributed by atoms with Gasteiger partial charge >= 0.3 is 0 Å². The van der Waals surface area contributed by atoms with Crippen LogP contribution in [-0.4, -0.2) is 26.9 Å². The van der Waals surface area contributed by atoms with Crippen LogP contribution in [0.2, 0.25) is 0 Å². The zero-order valence-electron chi connectivity index (χ0n) is 15.1. The molecule has 0 aliphatic heterocycles. The molecule has 2 heterocycles. The van der Waals surface area contributed by atoms with Crippen molar-refractivity contribution in [1.82, 2.24) is 19.7 Å². The van der Waals surface area contributed by atoms with Crippen molar-refractivity contribution in [3.63, 3.8) is 0 Å². The van der Waals surface area contributed by atoms with Gasteiger partial charge in [-0.2, -0.15) is 9.78 Å². The lowest BCUT2D eigenvalue weighted by Gasteiger charge is -2.26. The second kappa shape index (κ2) is 7.23. The van der Waals surface area contributed by atoms with Crippen molar-refractivity contribution in [2.75, 3.05) is 7.11 Å². The first-order valence-corrected chi connectivity index (χ1v) is 9.59. The Morgan fingerprint density at radius 1 is 1.22 bits per heavy atom. The Morgan fingerprint density at radius 2 is 2.00 bits per heavy atom. The Labute approximate surface area is 165 Å². The van der Waals surface area contributed by atoms with Crippen LogP contribution < -0.4 is 10.3 Å². The molecule has 1 atom stereocenters. The molecule has 138 valence electrons. The summed E-state index contributed by atoms with van der Waals surface area (Å²) in [5.41, 5.74) is 4.13. The van der Waals surface area contributed by atoms with E-state index in [0.29, 0.717) is 12.3 Å². The standard InChI is InChI=1S/C20H19BrN4O2/c1-12-16(4-3-5-18(12)27-2)13-6-7-17-14(8-13)9-24-25(19(17)26)20-22-10-15(21)11-23-20/h3-5,9-11,13H,6-8H2,1-2H3. The van der Waals surface area contributed by atoms with E-state index in [0.717, 1.165) is 39.8 Å².